The highest BCUT2D eigenvalue weighted by Gasteiger charge is 2.20. The monoisotopic (exact) mass is 344 g/mol. The largest absolute Gasteiger partial charge is 0.487 e. The fourth-order valence-corrected chi connectivity index (χ4v) is 3.43. The number of benzene rings is 2. The fraction of sp³-hybridized carbons (Fsp3) is 0.182. The van der Waals surface area contributed by atoms with Crippen LogP contribution < -0.4 is 10.5 Å². The summed E-state index contributed by atoms with van der Waals surface area (Å²) < 4.78 is 5.76. The average Bonchev–Trinajstić information content (AvgIpc) is 2.72. The van der Waals surface area contributed by atoms with Crippen LogP contribution in [0.4, 0.5) is 0 Å². The molecule has 0 spiro atoms. The number of aromatic nitrogens is 1. The van der Waals surface area contributed by atoms with Gasteiger partial charge in [0.05, 0.1) is 6.20 Å². The minimum absolute atomic E-state index is 0.0304. The molecule has 0 fully saturated rings. The minimum atomic E-state index is 0.0304. The number of ether oxygens (including phenoxy) is 1. The van der Waals surface area contributed by atoms with Gasteiger partial charge in [0.25, 0.3) is 0 Å². The lowest BCUT2D eigenvalue weighted by atomic mass is 9.89. The topological polar surface area (TPSA) is 65.2 Å². The van der Waals surface area contributed by atoms with Crippen molar-refractivity contribution in [3.8, 4) is 16.9 Å². The Labute approximate surface area is 152 Å². The van der Waals surface area contributed by atoms with Gasteiger partial charge in [0.2, 0.25) is 0 Å². The molecular weight excluding hydrogens is 324 g/mol. The fourth-order valence-electron chi connectivity index (χ4n) is 3.43. The van der Waals surface area contributed by atoms with Crippen molar-refractivity contribution in [2.75, 3.05) is 6.54 Å². The average molecular weight is 344 g/mol. The van der Waals surface area contributed by atoms with Crippen molar-refractivity contribution in [1.29, 1.82) is 0 Å². The number of rotatable bonds is 5. The summed E-state index contributed by atoms with van der Waals surface area (Å²) in [5.41, 5.74) is 10.9. The standard InChI is InChI=1S/C22H20N2O2/c23-12-17(15-4-2-1-3-5-15)11-21(25)16-6-7-19-18(10-16)14-26-22-13-24-9-8-20(19)22/h1-10,13,17H,11-12,14,23H2/t17-/m1/s1. The number of nitrogens with zero attached hydrogens (tertiary/aromatic N) is 1. The molecule has 2 heterocycles. The predicted octanol–water partition coefficient (Wildman–Crippen LogP) is 3.96. The first-order valence-corrected chi connectivity index (χ1v) is 8.74. The smallest absolute Gasteiger partial charge is 0.163 e. The van der Waals surface area contributed by atoms with Crippen LogP contribution >= 0.6 is 0 Å². The molecular formula is C22H20N2O2. The van der Waals surface area contributed by atoms with Crippen LogP contribution in [0.1, 0.15) is 33.8 Å². The Morgan fingerprint density at radius 3 is 2.77 bits per heavy atom. The van der Waals surface area contributed by atoms with Crippen LogP contribution in [0, 0.1) is 0 Å². The Kier molecular flexibility index (Phi) is 4.50. The van der Waals surface area contributed by atoms with Crippen molar-refractivity contribution in [2.24, 2.45) is 5.73 Å². The second-order valence-corrected chi connectivity index (χ2v) is 6.50. The second kappa shape index (κ2) is 7.10. The Balaban J connectivity index is 1.58. The van der Waals surface area contributed by atoms with Gasteiger partial charge in [-0.1, -0.05) is 42.5 Å². The summed E-state index contributed by atoms with van der Waals surface area (Å²) in [6, 6.07) is 17.8. The lowest BCUT2D eigenvalue weighted by molar-refractivity contribution is 0.0974. The van der Waals surface area contributed by atoms with Crippen molar-refractivity contribution in [1.82, 2.24) is 4.98 Å². The molecule has 130 valence electrons. The van der Waals surface area contributed by atoms with Gasteiger partial charge < -0.3 is 10.5 Å². The Morgan fingerprint density at radius 2 is 1.96 bits per heavy atom. The third-order valence-electron chi connectivity index (χ3n) is 4.87. The summed E-state index contributed by atoms with van der Waals surface area (Å²) >= 11 is 0. The maximum Gasteiger partial charge on any atom is 0.163 e. The van der Waals surface area contributed by atoms with Crippen molar-refractivity contribution in [3.63, 3.8) is 0 Å². The highest BCUT2D eigenvalue weighted by atomic mass is 16.5. The van der Waals surface area contributed by atoms with Crippen molar-refractivity contribution in [2.45, 2.75) is 18.9 Å². The molecule has 4 rings (SSSR count). The van der Waals surface area contributed by atoms with Gasteiger partial charge in [0.15, 0.2) is 5.78 Å². The van der Waals surface area contributed by atoms with E-state index in [0.717, 1.165) is 28.0 Å². The molecule has 1 aliphatic heterocycles. The third-order valence-corrected chi connectivity index (χ3v) is 4.87. The Morgan fingerprint density at radius 1 is 1.12 bits per heavy atom. The van der Waals surface area contributed by atoms with E-state index in [-0.39, 0.29) is 11.7 Å². The summed E-state index contributed by atoms with van der Waals surface area (Å²) in [5, 5.41) is 0. The molecule has 0 saturated carbocycles. The summed E-state index contributed by atoms with van der Waals surface area (Å²) in [6.45, 7) is 0.901. The lowest BCUT2D eigenvalue weighted by Gasteiger charge is -2.21. The molecule has 4 nitrogen and oxygen atoms in total. The normalized spacial score (nSPS) is 13.3. The van der Waals surface area contributed by atoms with Gasteiger partial charge in [-0.3, -0.25) is 9.78 Å². The van der Waals surface area contributed by atoms with Crippen LogP contribution in [0.2, 0.25) is 0 Å². The highest BCUT2D eigenvalue weighted by molar-refractivity contribution is 5.97. The van der Waals surface area contributed by atoms with Crippen LogP contribution in [0.15, 0.2) is 67.0 Å². The maximum absolute atomic E-state index is 12.8. The number of Topliss-reactive ketones (excluding diaryl/α,β-unsaturated/α-hetero) is 1. The molecule has 0 unspecified atom stereocenters. The molecule has 3 aromatic rings. The molecule has 0 aliphatic carbocycles. The molecule has 4 heteroatoms. The van der Waals surface area contributed by atoms with Crippen LogP contribution in [0.25, 0.3) is 11.1 Å². The molecule has 1 atom stereocenters. The number of hydrogen-bond acceptors (Lipinski definition) is 4. The van der Waals surface area contributed by atoms with Gasteiger partial charge in [0.1, 0.15) is 12.4 Å². The van der Waals surface area contributed by atoms with E-state index < -0.39 is 0 Å². The predicted molar refractivity (Wildman–Crippen MR) is 101 cm³/mol. The Bertz CT molecular complexity index is 938. The van der Waals surface area contributed by atoms with E-state index >= 15 is 0 Å². The zero-order valence-corrected chi connectivity index (χ0v) is 14.4. The molecule has 1 aliphatic rings. The van der Waals surface area contributed by atoms with Crippen LogP contribution in [0.3, 0.4) is 0 Å². The summed E-state index contributed by atoms with van der Waals surface area (Å²) in [7, 11) is 0. The SMILES string of the molecule is NC[C@@H](CC(=O)c1ccc2c(c1)COc1cnccc1-2)c1ccccc1. The summed E-state index contributed by atoms with van der Waals surface area (Å²) in [6.07, 6.45) is 3.88. The zero-order valence-electron chi connectivity index (χ0n) is 14.4. The number of ketones is 1. The first-order chi connectivity index (χ1) is 12.8. The van der Waals surface area contributed by atoms with Crippen molar-refractivity contribution >= 4 is 5.78 Å². The lowest BCUT2D eigenvalue weighted by Crippen LogP contribution is -2.17. The molecule has 0 saturated heterocycles. The van der Waals surface area contributed by atoms with E-state index in [1.165, 1.54) is 0 Å². The first kappa shape index (κ1) is 16.5. The third kappa shape index (κ3) is 3.11. The van der Waals surface area contributed by atoms with Crippen molar-refractivity contribution < 1.29 is 9.53 Å². The van der Waals surface area contributed by atoms with Gasteiger partial charge in [-0.15, -0.1) is 0 Å². The molecule has 26 heavy (non-hydrogen) atoms. The number of carbonyl (C=O) groups excluding carboxylic acids is 1. The van der Waals surface area contributed by atoms with E-state index in [4.69, 9.17) is 10.5 Å². The molecule has 0 bridgehead atoms. The first-order valence-electron chi connectivity index (χ1n) is 8.74. The Hall–Kier alpha value is -2.98. The zero-order chi connectivity index (χ0) is 17.9. The molecule has 0 radical (unpaired) electrons. The maximum atomic E-state index is 12.8. The van der Waals surface area contributed by atoms with E-state index in [0.29, 0.717) is 25.1 Å². The van der Waals surface area contributed by atoms with E-state index in [2.05, 4.69) is 4.98 Å². The van der Waals surface area contributed by atoms with Gasteiger partial charge in [-0.25, -0.2) is 0 Å². The van der Waals surface area contributed by atoms with Crippen LogP contribution in [-0.2, 0) is 6.61 Å². The molecule has 0 amide bonds. The van der Waals surface area contributed by atoms with Crippen LogP contribution in [-0.4, -0.2) is 17.3 Å². The van der Waals surface area contributed by atoms with Crippen molar-refractivity contribution in [3.05, 3.63) is 83.7 Å². The minimum Gasteiger partial charge on any atom is -0.487 e. The van der Waals surface area contributed by atoms with Crippen LogP contribution in [0.5, 0.6) is 5.75 Å². The van der Waals surface area contributed by atoms with E-state index in [9.17, 15) is 4.79 Å². The second-order valence-electron chi connectivity index (χ2n) is 6.50. The molecule has 2 N–H and O–H groups in total. The van der Waals surface area contributed by atoms with E-state index in [1.807, 2.05) is 54.6 Å². The number of fused-ring (bicyclic) bond motifs is 3. The van der Waals surface area contributed by atoms with Gasteiger partial charge >= 0.3 is 0 Å². The highest BCUT2D eigenvalue weighted by Crippen LogP contribution is 2.37. The van der Waals surface area contributed by atoms with E-state index in [1.54, 1.807) is 12.4 Å². The number of nitrogens with two attached hydrogens (primary N) is 1. The summed E-state index contributed by atoms with van der Waals surface area (Å²) in [5.74, 6) is 0.918. The van der Waals surface area contributed by atoms with Gasteiger partial charge in [-0.2, -0.15) is 0 Å². The molecule has 2 aromatic carbocycles. The number of hydrogen-bond donors (Lipinski definition) is 1. The number of carbonyl (C=O) groups is 1. The number of pyridine rings is 1. The van der Waals surface area contributed by atoms with Gasteiger partial charge in [-0.05, 0) is 35.4 Å². The van der Waals surface area contributed by atoms with Gasteiger partial charge in [0, 0.05) is 29.7 Å². The summed E-state index contributed by atoms with van der Waals surface area (Å²) in [4.78, 5) is 16.9. The molecule has 1 aromatic heterocycles. The quantitative estimate of drug-likeness (QED) is 0.712.